The SMILES string of the molecule is CC1CCCC(O)(c2cn(C)nn2)C1. The molecule has 0 aromatic carbocycles. The number of aliphatic hydroxyl groups is 1. The topological polar surface area (TPSA) is 50.9 Å². The first-order valence-corrected chi connectivity index (χ1v) is 5.19. The molecule has 2 rings (SSSR count). The van der Waals surface area contributed by atoms with Crippen LogP contribution in [0, 0.1) is 5.92 Å². The van der Waals surface area contributed by atoms with Crippen molar-refractivity contribution in [2.75, 3.05) is 0 Å². The highest BCUT2D eigenvalue weighted by molar-refractivity contribution is 5.08. The molecule has 0 spiro atoms. The van der Waals surface area contributed by atoms with Gasteiger partial charge in [-0.1, -0.05) is 18.6 Å². The minimum absolute atomic E-state index is 0.579. The summed E-state index contributed by atoms with van der Waals surface area (Å²) in [5.74, 6) is 0.579. The molecule has 0 saturated heterocycles. The summed E-state index contributed by atoms with van der Waals surface area (Å²) in [5, 5.41) is 18.3. The van der Waals surface area contributed by atoms with Gasteiger partial charge in [-0.2, -0.15) is 0 Å². The van der Waals surface area contributed by atoms with Crippen LogP contribution in [0.25, 0.3) is 0 Å². The molecule has 1 aliphatic carbocycles. The number of aromatic nitrogens is 3. The maximum atomic E-state index is 10.4. The molecule has 0 bridgehead atoms. The highest BCUT2D eigenvalue weighted by atomic mass is 16.3. The average molecular weight is 195 g/mol. The van der Waals surface area contributed by atoms with Crippen LogP contribution in [0.3, 0.4) is 0 Å². The van der Waals surface area contributed by atoms with Gasteiger partial charge < -0.3 is 5.11 Å². The first-order chi connectivity index (χ1) is 6.60. The molecule has 0 radical (unpaired) electrons. The van der Waals surface area contributed by atoms with Gasteiger partial charge in [-0.15, -0.1) is 5.10 Å². The third-order valence-electron chi connectivity index (χ3n) is 3.05. The Morgan fingerprint density at radius 2 is 2.43 bits per heavy atom. The molecule has 4 heteroatoms. The molecule has 0 amide bonds. The normalized spacial score (nSPS) is 33.2. The molecule has 1 N–H and O–H groups in total. The van der Waals surface area contributed by atoms with Gasteiger partial charge in [0.1, 0.15) is 11.3 Å². The predicted octanol–water partition coefficient (Wildman–Crippen LogP) is 1.21. The summed E-state index contributed by atoms with van der Waals surface area (Å²) in [6.07, 6.45) is 5.73. The van der Waals surface area contributed by atoms with E-state index in [1.165, 1.54) is 6.42 Å². The maximum Gasteiger partial charge on any atom is 0.114 e. The van der Waals surface area contributed by atoms with Gasteiger partial charge in [0.15, 0.2) is 0 Å². The van der Waals surface area contributed by atoms with Gasteiger partial charge in [-0.3, -0.25) is 4.68 Å². The van der Waals surface area contributed by atoms with Crippen LogP contribution in [-0.2, 0) is 12.6 Å². The minimum atomic E-state index is -0.730. The summed E-state index contributed by atoms with van der Waals surface area (Å²) in [5.41, 5.74) is -0.00194. The van der Waals surface area contributed by atoms with Crippen molar-refractivity contribution in [2.24, 2.45) is 13.0 Å². The van der Waals surface area contributed by atoms with Crippen molar-refractivity contribution in [1.82, 2.24) is 15.0 Å². The van der Waals surface area contributed by atoms with Crippen molar-refractivity contribution in [2.45, 2.75) is 38.2 Å². The van der Waals surface area contributed by atoms with E-state index in [0.717, 1.165) is 25.0 Å². The second-order valence-electron chi connectivity index (χ2n) is 4.51. The van der Waals surface area contributed by atoms with Gasteiger partial charge in [0.05, 0.1) is 6.20 Å². The first kappa shape index (κ1) is 9.65. The maximum absolute atomic E-state index is 10.4. The van der Waals surface area contributed by atoms with Crippen LogP contribution in [0.15, 0.2) is 6.20 Å². The third kappa shape index (κ3) is 1.66. The van der Waals surface area contributed by atoms with Crippen LogP contribution in [0.1, 0.15) is 38.3 Å². The zero-order valence-electron chi connectivity index (χ0n) is 8.77. The van der Waals surface area contributed by atoms with Crippen LogP contribution >= 0.6 is 0 Å². The largest absolute Gasteiger partial charge is 0.383 e. The van der Waals surface area contributed by atoms with Gasteiger partial charge in [-0.05, 0) is 25.2 Å². The van der Waals surface area contributed by atoms with E-state index in [9.17, 15) is 5.11 Å². The van der Waals surface area contributed by atoms with E-state index in [1.807, 2.05) is 13.2 Å². The quantitative estimate of drug-likeness (QED) is 0.733. The van der Waals surface area contributed by atoms with Crippen molar-refractivity contribution in [3.63, 3.8) is 0 Å². The molecule has 1 heterocycles. The zero-order chi connectivity index (χ0) is 10.2. The Hall–Kier alpha value is -0.900. The lowest BCUT2D eigenvalue weighted by molar-refractivity contribution is -0.0217. The van der Waals surface area contributed by atoms with E-state index in [0.29, 0.717) is 5.92 Å². The van der Waals surface area contributed by atoms with Crippen LogP contribution in [0.4, 0.5) is 0 Å². The average Bonchev–Trinajstić information content (AvgIpc) is 2.52. The van der Waals surface area contributed by atoms with Crippen molar-refractivity contribution in [3.8, 4) is 0 Å². The number of rotatable bonds is 1. The van der Waals surface area contributed by atoms with Crippen molar-refractivity contribution < 1.29 is 5.11 Å². The van der Waals surface area contributed by atoms with Gasteiger partial charge in [0, 0.05) is 7.05 Å². The van der Waals surface area contributed by atoms with E-state index in [4.69, 9.17) is 0 Å². The van der Waals surface area contributed by atoms with Crippen molar-refractivity contribution in [3.05, 3.63) is 11.9 Å². The Morgan fingerprint density at radius 1 is 1.64 bits per heavy atom. The molecular weight excluding hydrogens is 178 g/mol. The van der Waals surface area contributed by atoms with E-state index in [2.05, 4.69) is 17.2 Å². The Labute approximate surface area is 83.9 Å². The predicted molar refractivity (Wildman–Crippen MR) is 52.5 cm³/mol. The van der Waals surface area contributed by atoms with Crippen LogP contribution in [0.2, 0.25) is 0 Å². The number of nitrogens with zero attached hydrogens (tertiary/aromatic N) is 3. The second kappa shape index (κ2) is 3.35. The molecule has 1 aliphatic rings. The van der Waals surface area contributed by atoms with Crippen molar-refractivity contribution >= 4 is 0 Å². The molecule has 0 aliphatic heterocycles. The van der Waals surface area contributed by atoms with Gasteiger partial charge in [0.25, 0.3) is 0 Å². The van der Waals surface area contributed by atoms with Crippen LogP contribution in [-0.4, -0.2) is 20.1 Å². The molecule has 78 valence electrons. The molecule has 4 nitrogen and oxygen atoms in total. The molecule has 1 fully saturated rings. The van der Waals surface area contributed by atoms with E-state index in [1.54, 1.807) is 4.68 Å². The van der Waals surface area contributed by atoms with Crippen LogP contribution < -0.4 is 0 Å². The monoisotopic (exact) mass is 195 g/mol. The highest BCUT2D eigenvalue weighted by Crippen LogP contribution is 2.38. The minimum Gasteiger partial charge on any atom is -0.383 e. The Bertz CT molecular complexity index is 323. The lowest BCUT2D eigenvalue weighted by Gasteiger charge is -2.33. The van der Waals surface area contributed by atoms with Gasteiger partial charge in [-0.25, -0.2) is 0 Å². The van der Waals surface area contributed by atoms with Gasteiger partial charge >= 0.3 is 0 Å². The van der Waals surface area contributed by atoms with E-state index >= 15 is 0 Å². The van der Waals surface area contributed by atoms with E-state index < -0.39 is 5.60 Å². The molecular formula is C10H17N3O. The van der Waals surface area contributed by atoms with Gasteiger partial charge in [0.2, 0.25) is 0 Å². The summed E-state index contributed by atoms with van der Waals surface area (Å²) in [4.78, 5) is 0. The Balaban J connectivity index is 2.22. The second-order valence-corrected chi connectivity index (χ2v) is 4.51. The number of aryl methyl sites for hydroxylation is 1. The fourth-order valence-electron chi connectivity index (χ4n) is 2.32. The molecule has 14 heavy (non-hydrogen) atoms. The Morgan fingerprint density at radius 3 is 3.00 bits per heavy atom. The first-order valence-electron chi connectivity index (χ1n) is 5.19. The lowest BCUT2D eigenvalue weighted by atomic mass is 9.77. The summed E-state index contributed by atoms with van der Waals surface area (Å²) in [6, 6.07) is 0. The number of hydrogen-bond donors (Lipinski definition) is 1. The summed E-state index contributed by atoms with van der Waals surface area (Å²) < 4.78 is 1.65. The molecule has 2 unspecified atom stereocenters. The molecule has 1 aromatic rings. The van der Waals surface area contributed by atoms with Crippen LogP contribution in [0.5, 0.6) is 0 Å². The lowest BCUT2D eigenvalue weighted by Crippen LogP contribution is -2.32. The molecule has 1 aromatic heterocycles. The summed E-state index contributed by atoms with van der Waals surface area (Å²) >= 11 is 0. The molecule has 2 atom stereocenters. The summed E-state index contributed by atoms with van der Waals surface area (Å²) in [6.45, 7) is 2.18. The number of hydrogen-bond acceptors (Lipinski definition) is 3. The third-order valence-corrected chi connectivity index (χ3v) is 3.05. The zero-order valence-corrected chi connectivity index (χ0v) is 8.77. The Kier molecular flexibility index (Phi) is 2.31. The van der Waals surface area contributed by atoms with E-state index in [-0.39, 0.29) is 0 Å². The standard InChI is InChI=1S/C10H17N3O/c1-8-4-3-5-10(14,6-8)9-7-13(2)12-11-9/h7-8,14H,3-6H2,1-2H3. The summed E-state index contributed by atoms with van der Waals surface area (Å²) in [7, 11) is 1.83. The smallest absolute Gasteiger partial charge is 0.114 e. The fraction of sp³-hybridized carbons (Fsp3) is 0.800. The highest BCUT2D eigenvalue weighted by Gasteiger charge is 2.36. The fourth-order valence-corrected chi connectivity index (χ4v) is 2.32. The molecule has 1 saturated carbocycles. The van der Waals surface area contributed by atoms with Crippen molar-refractivity contribution in [1.29, 1.82) is 0 Å².